The van der Waals surface area contributed by atoms with Gasteiger partial charge in [0.05, 0.1) is 0 Å². The van der Waals surface area contributed by atoms with Crippen LogP contribution in [0, 0.1) is 4.93 Å². The van der Waals surface area contributed by atoms with Crippen LogP contribution in [0.3, 0.4) is 0 Å². The van der Waals surface area contributed by atoms with Gasteiger partial charge in [-0.15, -0.1) is 0 Å². The van der Waals surface area contributed by atoms with Gasteiger partial charge in [-0.3, -0.25) is 0 Å². The first-order valence-corrected chi connectivity index (χ1v) is 5.39. The van der Waals surface area contributed by atoms with Crippen molar-refractivity contribution in [1.29, 1.82) is 0 Å². The van der Waals surface area contributed by atoms with E-state index in [1.54, 1.807) is 4.90 Å². The first-order chi connectivity index (χ1) is 5.75. The summed E-state index contributed by atoms with van der Waals surface area (Å²) in [5.74, 6) is 0. The molecular weight excluding hydrogens is 173 g/mol. The molecule has 0 aromatic heterocycles. The molecule has 0 radical (unpaired) electrons. The number of carbonyl (C=O) groups is 1. The van der Waals surface area contributed by atoms with Crippen LogP contribution < -0.4 is 5.32 Å². The van der Waals surface area contributed by atoms with Crippen LogP contribution in [0.5, 0.6) is 0 Å². The van der Waals surface area contributed by atoms with E-state index < -0.39 is 15.2 Å². The minimum atomic E-state index is -0.727. The number of hydrogen-bond acceptors (Lipinski definition) is 2. The molecule has 5 nitrogen and oxygen atoms in total. The molecule has 2 N–H and O–H groups in total. The van der Waals surface area contributed by atoms with Crippen molar-refractivity contribution >= 4 is 21.3 Å². The van der Waals surface area contributed by atoms with Crippen LogP contribution >= 0.6 is 0 Å². The molecule has 0 spiro atoms. The summed E-state index contributed by atoms with van der Waals surface area (Å²) in [6, 6.07) is -0.0188. The lowest BCUT2D eigenvalue weighted by molar-refractivity contribution is 0.215. The smallest absolute Gasteiger partial charge is 0.336 e. The van der Waals surface area contributed by atoms with Crippen molar-refractivity contribution < 1.29 is 10.0 Å². The highest BCUT2D eigenvalue weighted by Crippen LogP contribution is 2.01. The Morgan fingerprint density at radius 2 is 2.67 bits per heavy atom. The fourth-order valence-electron chi connectivity index (χ4n) is 1.19. The van der Waals surface area contributed by atoms with Crippen molar-refractivity contribution in [1.82, 2.24) is 10.2 Å². The first-order valence-electron chi connectivity index (χ1n) is 3.87. The Bertz CT molecular complexity index is 235. The summed E-state index contributed by atoms with van der Waals surface area (Å²) in [7, 11) is 0. The highest BCUT2D eigenvalue weighted by atomic mass is 27.1. The Morgan fingerprint density at radius 3 is 3.17 bits per heavy atom. The Kier molecular flexibility index (Phi) is 3.21. The molecule has 0 aromatic carbocycles. The number of hydrogen-bond donors (Lipinski definition) is 2. The predicted molar refractivity (Wildman–Crippen MR) is 45.7 cm³/mol. The van der Waals surface area contributed by atoms with Gasteiger partial charge in [0.15, 0.2) is 9.94 Å². The van der Waals surface area contributed by atoms with E-state index in [0.29, 0.717) is 6.54 Å². The third-order valence-electron chi connectivity index (χ3n) is 1.88. The SMILES string of the molecule is C[CH]([AlH][C]#[N+]O)N1CCNC1=O. The molecule has 1 saturated heterocycles. The number of carbonyl (C=O) groups excluding carboxylic acids is 1. The van der Waals surface area contributed by atoms with Crippen LogP contribution in [-0.4, -0.2) is 49.4 Å². The third kappa shape index (κ3) is 2.04. The minimum Gasteiger partial charge on any atom is -0.336 e. The lowest BCUT2D eigenvalue weighted by Gasteiger charge is -2.18. The van der Waals surface area contributed by atoms with Crippen molar-refractivity contribution in [3.05, 3.63) is 5.01 Å². The monoisotopic (exact) mass is 184 g/mol. The number of urea groups is 1. The zero-order valence-corrected chi connectivity index (χ0v) is 8.36. The molecular formula is C6H11AlN3O2+. The van der Waals surface area contributed by atoms with Crippen LogP contribution in [0.25, 0.3) is 5.01 Å². The molecule has 1 atom stereocenters. The predicted octanol–water partition coefficient (Wildman–Crippen LogP) is -0.526. The van der Waals surface area contributed by atoms with E-state index in [9.17, 15) is 4.79 Å². The Labute approximate surface area is 76.8 Å². The topological polar surface area (TPSA) is 56.9 Å². The standard InChI is InChI=1S/C5H9N2O.CHNO.Al.H/c1-2-7-4-3-6-5(7)8;1-2-3;;/h2H,3-4H2,1H3,(H,6,8);3H;;/q;+1;;. The van der Waals surface area contributed by atoms with E-state index in [1.165, 1.54) is 0 Å². The van der Waals surface area contributed by atoms with Gasteiger partial charge in [-0.25, -0.2) is 4.79 Å². The third-order valence-corrected chi connectivity index (χ3v) is 3.23. The lowest BCUT2D eigenvalue weighted by atomic mass is 10.6. The fraction of sp³-hybridized carbons (Fsp3) is 0.667. The second kappa shape index (κ2) is 4.20. The van der Waals surface area contributed by atoms with Gasteiger partial charge in [0, 0.05) is 18.0 Å². The summed E-state index contributed by atoms with van der Waals surface area (Å²) in [4.78, 5) is 15.6. The molecule has 0 aliphatic carbocycles. The molecule has 1 fully saturated rings. The van der Waals surface area contributed by atoms with E-state index in [-0.39, 0.29) is 10.9 Å². The Morgan fingerprint density at radius 1 is 1.92 bits per heavy atom. The normalized spacial score (nSPS) is 17.8. The molecule has 64 valence electrons. The highest BCUT2D eigenvalue weighted by molar-refractivity contribution is 6.47. The average Bonchev–Trinajstić information content (AvgIpc) is 2.47. The largest absolute Gasteiger partial charge is 0.519 e. The van der Waals surface area contributed by atoms with Crippen molar-refractivity contribution in [3.63, 3.8) is 0 Å². The van der Waals surface area contributed by atoms with Gasteiger partial charge in [0.1, 0.15) is 0 Å². The number of rotatable bonds is 2. The van der Waals surface area contributed by atoms with E-state index in [0.717, 1.165) is 6.54 Å². The molecule has 1 heterocycles. The number of nitrogens with one attached hydrogen (secondary N) is 1. The van der Waals surface area contributed by atoms with E-state index >= 15 is 0 Å². The quantitative estimate of drug-likeness (QED) is 0.448. The Balaban J connectivity index is 2.44. The summed E-state index contributed by atoms with van der Waals surface area (Å²) in [6.45, 7) is 3.42. The van der Waals surface area contributed by atoms with E-state index in [1.807, 2.05) is 6.92 Å². The van der Waals surface area contributed by atoms with E-state index in [4.69, 9.17) is 5.21 Å². The van der Waals surface area contributed by atoms with Crippen LogP contribution in [0.2, 0.25) is 0 Å². The van der Waals surface area contributed by atoms with E-state index in [2.05, 4.69) is 15.3 Å². The number of nitrogens with zero attached hydrogens (tertiary/aromatic N) is 2. The molecule has 1 rings (SSSR count). The molecule has 1 aliphatic rings. The molecule has 0 bridgehead atoms. The van der Waals surface area contributed by atoms with Crippen molar-refractivity contribution in [2.75, 3.05) is 13.1 Å². The molecule has 2 amide bonds. The maximum atomic E-state index is 11.1. The summed E-state index contributed by atoms with van der Waals surface area (Å²) >= 11 is -0.727. The zero-order valence-electron chi connectivity index (χ0n) is 6.95. The molecule has 1 unspecified atom stereocenters. The number of amides is 2. The van der Waals surface area contributed by atoms with Crippen molar-refractivity contribution in [2.24, 2.45) is 0 Å². The van der Waals surface area contributed by atoms with Gasteiger partial charge < -0.3 is 10.2 Å². The van der Waals surface area contributed by atoms with Crippen LogP contribution in [0.4, 0.5) is 4.79 Å². The molecule has 1 aliphatic heterocycles. The average molecular weight is 184 g/mol. The van der Waals surface area contributed by atoms with Gasteiger partial charge in [-0.05, 0) is 0 Å². The van der Waals surface area contributed by atoms with Crippen molar-refractivity contribution in [3.8, 4) is 4.93 Å². The molecule has 0 aromatic rings. The maximum absolute atomic E-state index is 11.1. The summed E-state index contributed by atoms with van der Waals surface area (Å²) < 4.78 is 0. The van der Waals surface area contributed by atoms with Crippen LogP contribution in [0.1, 0.15) is 6.92 Å². The second-order valence-electron chi connectivity index (χ2n) is 2.74. The lowest BCUT2D eigenvalue weighted by Crippen LogP contribution is -2.39. The fourth-order valence-corrected chi connectivity index (χ4v) is 2.10. The van der Waals surface area contributed by atoms with Gasteiger partial charge >= 0.3 is 21.3 Å². The first kappa shape index (κ1) is 9.18. The Hall–Kier alpha value is -0.908. The molecule has 0 saturated carbocycles. The van der Waals surface area contributed by atoms with Crippen LogP contribution in [-0.2, 0) is 0 Å². The molecule has 12 heavy (non-hydrogen) atoms. The summed E-state index contributed by atoms with van der Waals surface area (Å²) in [5.41, 5.74) is 0. The van der Waals surface area contributed by atoms with Gasteiger partial charge in [-0.1, -0.05) is 6.92 Å². The van der Waals surface area contributed by atoms with Gasteiger partial charge in [-0.2, -0.15) is 5.21 Å². The van der Waals surface area contributed by atoms with Crippen molar-refractivity contribution in [2.45, 2.75) is 11.8 Å². The van der Waals surface area contributed by atoms with Crippen LogP contribution in [0.15, 0.2) is 0 Å². The minimum absolute atomic E-state index is 0.0188. The molecule has 6 heteroatoms. The maximum Gasteiger partial charge on any atom is 0.519 e. The zero-order chi connectivity index (χ0) is 8.97. The highest BCUT2D eigenvalue weighted by Gasteiger charge is 2.27. The summed E-state index contributed by atoms with van der Waals surface area (Å²) in [5, 5.41) is 13.7. The van der Waals surface area contributed by atoms with Gasteiger partial charge in [0.25, 0.3) is 0 Å². The van der Waals surface area contributed by atoms with Gasteiger partial charge in [0.2, 0.25) is 0 Å². The summed E-state index contributed by atoms with van der Waals surface area (Å²) in [6.07, 6.45) is 0. The second-order valence-corrected chi connectivity index (χ2v) is 4.64.